The minimum Gasteiger partial charge on any atom is -0.207 e. The predicted molar refractivity (Wildman–Crippen MR) is 68.3 cm³/mol. The Bertz CT molecular complexity index is 350. The minimum atomic E-state index is -0.210. The topological polar surface area (TPSA) is 0 Å². The smallest absolute Gasteiger partial charge is 0.123 e. The second kappa shape index (κ2) is 6.78. The Kier molecular flexibility index (Phi) is 5.27. The van der Waals surface area contributed by atoms with Crippen molar-refractivity contribution in [1.29, 1.82) is 0 Å². The molecule has 0 amide bonds. The molecule has 0 nitrogen and oxygen atoms in total. The fraction of sp³-hybridized carbons (Fsp3) is 0.133. The van der Waals surface area contributed by atoms with Gasteiger partial charge in [0.15, 0.2) is 0 Å². The summed E-state index contributed by atoms with van der Waals surface area (Å²) in [6.07, 6.45) is 9.45. The summed E-state index contributed by atoms with van der Waals surface area (Å²) in [5, 5.41) is 0. The molecule has 0 atom stereocenters. The second-order valence-corrected chi connectivity index (χ2v) is 3.53. The molecule has 0 bridgehead atoms. The van der Waals surface area contributed by atoms with Gasteiger partial charge in [0, 0.05) is 5.92 Å². The predicted octanol–water partition coefficient (Wildman–Crippen LogP) is 4.57. The lowest BCUT2D eigenvalue weighted by Gasteiger charge is -2.05. The van der Waals surface area contributed by atoms with Crippen molar-refractivity contribution in [3.05, 3.63) is 72.9 Å². The fourth-order valence-corrected chi connectivity index (χ4v) is 1.38. The molecule has 1 heteroatoms. The van der Waals surface area contributed by atoms with Gasteiger partial charge in [0.2, 0.25) is 0 Å². The normalized spacial score (nSPS) is 10.9. The van der Waals surface area contributed by atoms with Gasteiger partial charge in [-0.05, 0) is 30.5 Å². The van der Waals surface area contributed by atoms with Gasteiger partial charge in [-0.25, -0.2) is 4.39 Å². The minimum absolute atomic E-state index is 0.210. The SMILES string of the molecule is C=CC[C](C=Cc1ccc(F)cc1)CC=C. The second-order valence-electron chi connectivity index (χ2n) is 3.53. The number of benzene rings is 1. The van der Waals surface area contributed by atoms with Gasteiger partial charge in [-0.3, -0.25) is 0 Å². The maximum Gasteiger partial charge on any atom is 0.123 e. The molecule has 0 aliphatic carbocycles. The Labute approximate surface area is 96.8 Å². The van der Waals surface area contributed by atoms with Crippen molar-refractivity contribution in [3.8, 4) is 0 Å². The first-order valence-corrected chi connectivity index (χ1v) is 5.26. The molecule has 0 saturated heterocycles. The van der Waals surface area contributed by atoms with Crippen LogP contribution in [-0.4, -0.2) is 0 Å². The summed E-state index contributed by atoms with van der Waals surface area (Å²) in [4.78, 5) is 0. The lowest BCUT2D eigenvalue weighted by Crippen LogP contribution is -1.88. The molecule has 83 valence electrons. The number of rotatable bonds is 6. The molecule has 0 aromatic heterocycles. The monoisotopic (exact) mass is 215 g/mol. The van der Waals surface area contributed by atoms with Crippen LogP contribution in [0.15, 0.2) is 55.7 Å². The Morgan fingerprint density at radius 2 is 1.62 bits per heavy atom. The van der Waals surface area contributed by atoms with Gasteiger partial charge in [-0.1, -0.05) is 36.4 Å². The summed E-state index contributed by atoms with van der Waals surface area (Å²) in [5.74, 6) is 1.04. The van der Waals surface area contributed by atoms with Crippen LogP contribution in [0.2, 0.25) is 0 Å². The van der Waals surface area contributed by atoms with E-state index in [-0.39, 0.29) is 5.82 Å². The summed E-state index contributed by atoms with van der Waals surface area (Å²) in [6.45, 7) is 7.42. The van der Waals surface area contributed by atoms with Crippen molar-refractivity contribution in [2.45, 2.75) is 12.8 Å². The molecule has 0 aliphatic rings. The Balaban J connectivity index is 2.65. The number of allylic oxidation sites excluding steroid dienone is 3. The Hall–Kier alpha value is -1.63. The molecular formula is C15H16F. The first kappa shape index (κ1) is 12.4. The highest BCUT2D eigenvalue weighted by atomic mass is 19.1. The van der Waals surface area contributed by atoms with E-state index >= 15 is 0 Å². The van der Waals surface area contributed by atoms with Gasteiger partial charge in [0.25, 0.3) is 0 Å². The maximum atomic E-state index is 12.7. The van der Waals surface area contributed by atoms with Crippen molar-refractivity contribution in [3.63, 3.8) is 0 Å². The molecule has 0 saturated carbocycles. The molecule has 1 aromatic rings. The third kappa shape index (κ3) is 4.26. The Morgan fingerprint density at radius 1 is 1.06 bits per heavy atom. The average Bonchev–Trinajstić information content (AvgIpc) is 2.29. The number of hydrogen-bond acceptors (Lipinski definition) is 0. The van der Waals surface area contributed by atoms with E-state index in [1.54, 1.807) is 12.1 Å². The average molecular weight is 215 g/mol. The van der Waals surface area contributed by atoms with E-state index in [2.05, 4.69) is 13.2 Å². The van der Waals surface area contributed by atoms with E-state index in [1.807, 2.05) is 24.3 Å². The highest BCUT2D eigenvalue weighted by Crippen LogP contribution is 2.16. The van der Waals surface area contributed by atoms with Crippen molar-refractivity contribution in [2.24, 2.45) is 0 Å². The highest BCUT2D eigenvalue weighted by molar-refractivity contribution is 5.51. The van der Waals surface area contributed by atoms with E-state index in [4.69, 9.17) is 0 Å². The van der Waals surface area contributed by atoms with Crippen LogP contribution in [0.1, 0.15) is 18.4 Å². The van der Waals surface area contributed by atoms with Gasteiger partial charge in [-0.2, -0.15) is 0 Å². The van der Waals surface area contributed by atoms with Gasteiger partial charge < -0.3 is 0 Å². The van der Waals surface area contributed by atoms with E-state index in [0.717, 1.165) is 18.4 Å². The first-order chi connectivity index (χ1) is 7.76. The molecule has 0 aliphatic heterocycles. The van der Waals surface area contributed by atoms with E-state index in [9.17, 15) is 4.39 Å². The number of hydrogen-bond donors (Lipinski definition) is 0. The molecule has 1 rings (SSSR count). The summed E-state index contributed by atoms with van der Waals surface area (Å²) in [6, 6.07) is 6.43. The molecule has 0 spiro atoms. The van der Waals surface area contributed by atoms with Gasteiger partial charge in [0.05, 0.1) is 0 Å². The van der Waals surface area contributed by atoms with E-state index in [0.29, 0.717) is 0 Å². The summed E-state index contributed by atoms with van der Waals surface area (Å²) >= 11 is 0. The van der Waals surface area contributed by atoms with Crippen molar-refractivity contribution < 1.29 is 4.39 Å². The summed E-state index contributed by atoms with van der Waals surface area (Å²) in [5.41, 5.74) is 0.993. The standard InChI is InChI=1S/C15H16F/c1-3-5-13(6-4-2)7-8-14-9-11-15(16)12-10-14/h3-4,7-12H,1-2,5-6H2. The molecular weight excluding hydrogens is 199 g/mol. The zero-order chi connectivity index (χ0) is 11.8. The molecule has 0 N–H and O–H groups in total. The summed E-state index contributed by atoms with van der Waals surface area (Å²) in [7, 11) is 0. The molecule has 1 aromatic carbocycles. The van der Waals surface area contributed by atoms with Gasteiger partial charge in [-0.15, -0.1) is 13.2 Å². The zero-order valence-electron chi connectivity index (χ0n) is 9.33. The largest absolute Gasteiger partial charge is 0.207 e. The number of halogens is 1. The molecule has 0 fully saturated rings. The van der Waals surface area contributed by atoms with Crippen molar-refractivity contribution in [1.82, 2.24) is 0 Å². The Morgan fingerprint density at radius 3 is 2.12 bits per heavy atom. The van der Waals surface area contributed by atoms with Crippen LogP contribution in [-0.2, 0) is 0 Å². The fourth-order valence-electron chi connectivity index (χ4n) is 1.38. The molecule has 0 unspecified atom stereocenters. The maximum absolute atomic E-state index is 12.7. The van der Waals surface area contributed by atoms with Crippen LogP contribution in [0.3, 0.4) is 0 Å². The molecule has 0 heterocycles. The third-order valence-corrected chi connectivity index (χ3v) is 2.19. The quantitative estimate of drug-likeness (QED) is 0.610. The van der Waals surface area contributed by atoms with Crippen LogP contribution in [0.25, 0.3) is 6.08 Å². The first-order valence-electron chi connectivity index (χ1n) is 5.26. The van der Waals surface area contributed by atoms with Crippen LogP contribution in [0.4, 0.5) is 4.39 Å². The van der Waals surface area contributed by atoms with Crippen LogP contribution in [0.5, 0.6) is 0 Å². The zero-order valence-corrected chi connectivity index (χ0v) is 9.33. The van der Waals surface area contributed by atoms with Crippen LogP contribution in [0, 0.1) is 11.7 Å². The lowest BCUT2D eigenvalue weighted by atomic mass is 10.00. The molecule has 1 radical (unpaired) electrons. The van der Waals surface area contributed by atoms with Gasteiger partial charge in [0.1, 0.15) is 5.82 Å². The molecule has 16 heavy (non-hydrogen) atoms. The lowest BCUT2D eigenvalue weighted by molar-refractivity contribution is 0.628. The van der Waals surface area contributed by atoms with E-state index < -0.39 is 0 Å². The van der Waals surface area contributed by atoms with Crippen LogP contribution >= 0.6 is 0 Å². The van der Waals surface area contributed by atoms with Crippen molar-refractivity contribution >= 4 is 6.08 Å². The summed E-state index contributed by atoms with van der Waals surface area (Å²) < 4.78 is 12.7. The van der Waals surface area contributed by atoms with Gasteiger partial charge >= 0.3 is 0 Å². The highest BCUT2D eigenvalue weighted by Gasteiger charge is 1.99. The van der Waals surface area contributed by atoms with Crippen LogP contribution < -0.4 is 0 Å². The third-order valence-electron chi connectivity index (χ3n) is 2.19. The van der Waals surface area contributed by atoms with Crippen molar-refractivity contribution in [2.75, 3.05) is 0 Å². The van der Waals surface area contributed by atoms with E-state index in [1.165, 1.54) is 18.1 Å².